The van der Waals surface area contributed by atoms with Gasteiger partial charge in [-0.25, -0.2) is 9.97 Å². The normalized spacial score (nSPS) is 10.2. The Hall–Kier alpha value is -3.66. The van der Waals surface area contributed by atoms with Gasteiger partial charge in [0.25, 0.3) is 0 Å². The Bertz CT molecular complexity index is 926. The lowest BCUT2D eigenvalue weighted by Gasteiger charge is -2.10. The number of nitriles is 1. The fourth-order valence-electron chi connectivity index (χ4n) is 2.39. The van der Waals surface area contributed by atoms with Gasteiger partial charge in [-0.1, -0.05) is 12.1 Å². The summed E-state index contributed by atoms with van der Waals surface area (Å²) >= 11 is 0. The average molecular weight is 346 g/mol. The maximum absolute atomic E-state index is 12.0. The molecule has 0 spiro atoms. The first kappa shape index (κ1) is 17.2. The molecule has 1 amide bonds. The van der Waals surface area contributed by atoms with E-state index < -0.39 is 0 Å². The van der Waals surface area contributed by atoms with E-state index in [1.807, 2.05) is 48.1 Å². The van der Waals surface area contributed by atoms with Crippen molar-refractivity contribution in [3.05, 3.63) is 71.8 Å². The molecule has 1 aromatic carbocycles. The van der Waals surface area contributed by atoms with Crippen molar-refractivity contribution in [1.82, 2.24) is 19.9 Å². The largest absolute Gasteiger partial charge is 0.361 e. The van der Waals surface area contributed by atoms with Crippen molar-refractivity contribution in [2.24, 2.45) is 0 Å². The molecule has 7 heteroatoms. The predicted octanol–water partition coefficient (Wildman–Crippen LogP) is 2.18. The molecule has 3 rings (SSSR count). The lowest BCUT2D eigenvalue weighted by molar-refractivity contribution is -0.119. The van der Waals surface area contributed by atoms with Gasteiger partial charge in [-0.3, -0.25) is 4.79 Å². The molecule has 26 heavy (non-hydrogen) atoms. The fourth-order valence-corrected chi connectivity index (χ4v) is 2.39. The molecule has 3 aromatic rings. The van der Waals surface area contributed by atoms with E-state index in [1.54, 1.807) is 18.2 Å². The first-order valence-corrected chi connectivity index (χ1v) is 8.13. The summed E-state index contributed by atoms with van der Waals surface area (Å²) in [4.78, 5) is 20.7. The maximum atomic E-state index is 12.0. The Balaban J connectivity index is 1.55. The summed E-state index contributed by atoms with van der Waals surface area (Å²) in [6.07, 6.45) is 3.80. The summed E-state index contributed by atoms with van der Waals surface area (Å²) in [5.41, 5.74) is 1.53. The third kappa shape index (κ3) is 4.45. The van der Waals surface area contributed by atoms with Crippen LogP contribution in [0.2, 0.25) is 0 Å². The second-order valence-electron chi connectivity index (χ2n) is 5.69. The summed E-state index contributed by atoms with van der Waals surface area (Å²) in [7, 11) is 0. The predicted molar refractivity (Wildman–Crippen MR) is 97.6 cm³/mol. The molecule has 130 valence electrons. The Labute approximate surface area is 151 Å². The molecule has 0 unspecified atom stereocenters. The second-order valence-corrected chi connectivity index (χ2v) is 5.69. The molecule has 0 atom stereocenters. The molecule has 7 nitrogen and oxygen atoms in total. The minimum Gasteiger partial charge on any atom is -0.361 e. The van der Waals surface area contributed by atoms with Crippen LogP contribution in [0, 0.1) is 18.3 Å². The third-order valence-electron chi connectivity index (χ3n) is 3.70. The molecular weight excluding hydrogens is 328 g/mol. The first-order chi connectivity index (χ1) is 12.6. The number of hydrogen-bond donors (Lipinski definition) is 2. The summed E-state index contributed by atoms with van der Waals surface area (Å²) in [6.45, 7) is 2.32. The standard InChI is InChI=1S/C19H18N6O/c1-14-23-17(10-18(24-14)25-8-2-3-9-25)21-13-19(26)22-12-16-6-4-15(11-20)5-7-16/h2-10H,12-13H2,1H3,(H,22,26)(H,21,23,24). The van der Waals surface area contributed by atoms with Crippen LogP contribution >= 0.6 is 0 Å². The molecule has 0 radical (unpaired) electrons. The third-order valence-corrected chi connectivity index (χ3v) is 3.70. The Kier molecular flexibility index (Phi) is 5.25. The maximum Gasteiger partial charge on any atom is 0.239 e. The number of aryl methyl sites for hydroxylation is 1. The van der Waals surface area contributed by atoms with Crippen LogP contribution in [-0.4, -0.2) is 27.0 Å². The highest BCUT2D eigenvalue weighted by molar-refractivity contribution is 5.80. The molecule has 2 N–H and O–H groups in total. The summed E-state index contributed by atoms with van der Waals surface area (Å²) in [5.74, 6) is 1.81. The van der Waals surface area contributed by atoms with Gasteiger partial charge < -0.3 is 15.2 Å². The highest BCUT2D eigenvalue weighted by atomic mass is 16.1. The Morgan fingerprint density at radius 2 is 1.92 bits per heavy atom. The number of amides is 1. The van der Waals surface area contributed by atoms with Gasteiger partial charge in [0.05, 0.1) is 18.2 Å². The van der Waals surface area contributed by atoms with E-state index in [0.717, 1.165) is 11.4 Å². The number of carbonyl (C=O) groups is 1. The van der Waals surface area contributed by atoms with Gasteiger partial charge >= 0.3 is 0 Å². The summed E-state index contributed by atoms with van der Waals surface area (Å²) < 4.78 is 1.88. The zero-order valence-electron chi connectivity index (χ0n) is 14.3. The quantitative estimate of drug-likeness (QED) is 0.713. The van der Waals surface area contributed by atoms with Gasteiger partial charge in [0.15, 0.2) is 0 Å². The number of nitrogens with one attached hydrogen (secondary N) is 2. The van der Waals surface area contributed by atoms with Crippen molar-refractivity contribution in [3.63, 3.8) is 0 Å². The van der Waals surface area contributed by atoms with Crippen LogP contribution in [0.5, 0.6) is 0 Å². The Morgan fingerprint density at radius 3 is 2.62 bits per heavy atom. The van der Waals surface area contributed by atoms with E-state index in [4.69, 9.17) is 5.26 Å². The minimum atomic E-state index is -0.145. The lowest BCUT2D eigenvalue weighted by atomic mass is 10.1. The van der Waals surface area contributed by atoms with E-state index >= 15 is 0 Å². The average Bonchev–Trinajstić information content (AvgIpc) is 3.19. The SMILES string of the molecule is Cc1nc(NCC(=O)NCc2ccc(C#N)cc2)cc(-n2cccc2)n1. The molecule has 0 bridgehead atoms. The van der Waals surface area contributed by atoms with E-state index in [9.17, 15) is 4.79 Å². The smallest absolute Gasteiger partial charge is 0.239 e. The zero-order valence-corrected chi connectivity index (χ0v) is 14.3. The van der Waals surface area contributed by atoms with Crippen molar-refractivity contribution < 1.29 is 4.79 Å². The fraction of sp³-hybridized carbons (Fsp3) is 0.158. The molecule has 0 saturated heterocycles. The number of carbonyl (C=O) groups excluding carboxylic acids is 1. The number of anilines is 1. The van der Waals surface area contributed by atoms with Gasteiger partial charge in [-0.05, 0) is 36.8 Å². The highest BCUT2D eigenvalue weighted by Crippen LogP contribution is 2.11. The number of rotatable bonds is 6. The van der Waals surface area contributed by atoms with Crippen LogP contribution in [0.15, 0.2) is 54.9 Å². The van der Waals surface area contributed by atoms with E-state index in [-0.39, 0.29) is 12.5 Å². The van der Waals surface area contributed by atoms with Crippen molar-refractivity contribution >= 4 is 11.7 Å². The number of aromatic nitrogens is 3. The molecule has 2 heterocycles. The van der Waals surface area contributed by atoms with Gasteiger partial charge in [-0.2, -0.15) is 5.26 Å². The van der Waals surface area contributed by atoms with Crippen LogP contribution in [0.1, 0.15) is 17.0 Å². The van der Waals surface area contributed by atoms with Crippen molar-refractivity contribution in [1.29, 1.82) is 5.26 Å². The summed E-state index contributed by atoms with van der Waals surface area (Å²) in [6, 6.07) is 14.8. The van der Waals surface area contributed by atoms with Crippen LogP contribution < -0.4 is 10.6 Å². The lowest BCUT2D eigenvalue weighted by Crippen LogP contribution is -2.29. The van der Waals surface area contributed by atoms with Gasteiger partial charge in [0.1, 0.15) is 17.5 Å². The molecule has 0 saturated carbocycles. The molecule has 0 fully saturated rings. The van der Waals surface area contributed by atoms with Gasteiger partial charge in [0, 0.05) is 25.0 Å². The zero-order chi connectivity index (χ0) is 18.4. The highest BCUT2D eigenvalue weighted by Gasteiger charge is 2.06. The molecule has 2 aromatic heterocycles. The van der Waals surface area contributed by atoms with Crippen LogP contribution in [-0.2, 0) is 11.3 Å². The number of nitrogens with zero attached hydrogens (tertiary/aromatic N) is 4. The van der Waals surface area contributed by atoms with E-state index in [1.165, 1.54) is 0 Å². The van der Waals surface area contributed by atoms with Crippen molar-refractivity contribution in [2.45, 2.75) is 13.5 Å². The summed E-state index contributed by atoms with van der Waals surface area (Å²) in [5, 5.41) is 14.6. The Morgan fingerprint density at radius 1 is 1.19 bits per heavy atom. The minimum absolute atomic E-state index is 0.109. The molecule has 0 aliphatic heterocycles. The first-order valence-electron chi connectivity index (χ1n) is 8.13. The van der Waals surface area contributed by atoms with Crippen LogP contribution in [0.4, 0.5) is 5.82 Å². The van der Waals surface area contributed by atoms with Gasteiger partial charge in [-0.15, -0.1) is 0 Å². The topological polar surface area (TPSA) is 95.6 Å². The second kappa shape index (κ2) is 7.94. The van der Waals surface area contributed by atoms with E-state index in [0.29, 0.717) is 23.8 Å². The van der Waals surface area contributed by atoms with Crippen LogP contribution in [0.3, 0.4) is 0 Å². The molecule has 0 aliphatic carbocycles. The monoisotopic (exact) mass is 346 g/mol. The number of hydrogen-bond acceptors (Lipinski definition) is 5. The molecule has 0 aliphatic rings. The van der Waals surface area contributed by atoms with Crippen molar-refractivity contribution in [3.8, 4) is 11.9 Å². The van der Waals surface area contributed by atoms with Crippen molar-refractivity contribution in [2.75, 3.05) is 11.9 Å². The van der Waals surface area contributed by atoms with E-state index in [2.05, 4.69) is 26.7 Å². The van der Waals surface area contributed by atoms with Crippen LogP contribution in [0.25, 0.3) is 5.82 Å². The van der Waals surface area contributed by atoms with Gasteiger partial charge in [0.2, 0.25) is 5.91 Å². The molecular formula is C19H18N6O. The number of benzene rings is 1.